The zero-order valence-corrected chi connectivity index (χ0v) is 10.4. The van der Waals surface area contributed by atoms with Crippen LogP contribution in [0.25, 0.3) is 0 Å². The van der Waals surface area contributed by atoms with E-state index in [9.17, 15) is 5.11 Å². The Kier molecular flexibility index (Phi) is 2.88. The molecule has 17 heavy (non-hydrogen) atoms. The molecule has 1 atom stereocenters. The van der Waals surface area contributed by atoms with E-state index in [4.69, 9.17) is 5.26 Å². The molecule has 4 rings (SSSR count). The van der Waals surface area contributed by atoms with Crippen LogP contribution < -0.4 is 5.32 Å². The Labute approximate surface area is 103 Å². The number of rotatable bonds is 4. The topological polar surface area (TPSA) is 56.0 Å². The van der Waals surface area contributed by atoms with Crippen molar-refractivity contribution in [2.24, 2.45) is 23.2 Å². The summed E-state index contributed by atoms with van der Waals surface area (Å²) in [6, 6.07) is 2.07. The van der Waals surface area contributed by atoms with Crippen LogP contribution in [0.1, 0.15) is 38.5 Å². The minimum atomic E-state index is -0.246. The molecule has 4 fully saturated rings. The summed E-state index contributed by atoms with van der Waals surface area (Å²) < 4.78 is 0. The summed E-state index contributed by atoms with van der Waals surface area (Å²) in [4.78, 5) is 0. The summed E-state index contributed by atoms with van der Waals surface area (Å²) in [5, 5.41) is 22.0. The minimum Gasteiger partial charge on any atom is -0.391 e. The standard InChI is InChI=1S/C14H22N2O/c15-1-2-16-9-13(17)14-6-10-3-11(7-14)5-12(4-10)8-14/h10-13,16-17H,2-9H2. The molecule has 3 heteroatoms. The average Bonchev–Trinajstić information content (AvgIpc) is 2.27. The summed E-state index contributed by atoms with van der Waals surface area (Å²) in [6.07, 6.45) is 7.69. The third kappa shape index (κ3) is 1.98. The van der Waals surface area contributed by atoms with Gasteiger partial charge in [0.15, 0.2) is 0 Å². The van der Waals surface area contributed by atoms with E-state index >= 15 is 0 Å². The fraction of sp³-hybridized carbons (Fsp3) is 0.929. The van der Waals surface area contributed by atoms with E-state index in [2.05, 4.69) is 11.4 Å². The molecule has 0 saturated heterocycles. The lowest BCUT2D eigenvalue weighted by atomic mass is 9.48. The largest absolute Gasteiger partial charge is 0.391 e. The zero-order valence-electron chi connectivity index (χ0n) is 10.4. The van der Waals surface area contributed by atoms with Gasteiger partial charge in [0.05, 0.1) is 18.7 Å². The van der Waals surface area contributed by atoms with Crippen molar-refractivity contribution in [1.29, 1.82) is 5.26 Å². The number of aliphatic hydroxyl groups excluding tert-OH is 1. The van der Waals surface area contributed by atoms with E-state index in [0.29, 0.717) is 13.1 Å². The number of aliphatic hydroxyl groups is 1. The van der Waals surface area contributed by atoms with Crippen molar-refractivity contribution in [2.75, 3.05) is 13.1 Å². The summed E-state index contributed by atoms with van der Waals surface area (Å²) in [7, 11) is 0. The maximum absolute atomic E-state index is 10.5. The van der Waals surface area contributed by atoms with Gasteiger partial charge >= 0.3 is 0 Å². The number of nitrogens with zero attached hydrogens (tertiary/aromatic N) is 1. The van der Waals surface area contributed by atoms with Crippen LogP contribution in [0.15, 0.2) is 0 Å². The minimum absolute atomic E-state index is 0.192. The molecule has 4 aliphatic carbocycles. The van der Waals surface area contributed by atoms with Crippen molar-refractivity contribution in [3.05, 3.63) is 0 Å². The van der Waals surface area contributed by atoms with Gasteiger partial charge in [0.2, 0.25) is 0 Å². The molecular weight excluding hydrogens is 212 g/mol. The van der Waals surface area contributed by atoms with Crippen LogP contribution in [-0.4, -0.2) is 24.3 Å². The normalized spacial score (nSPS) is 44.6. The SMILES string of the molecule is N#CCNCC(O)C12CC3CC(CC(C3)C1)C2. The molecule has 4 saturated carbocycles. The van der Waals surface area contributed by atoms with Crippen molar-refractivity contribution in [1.82, 2.24) is 5.32 Å². The molecule has 0 aliphatic heterocycles. The molecule has 4 bridgehead atoms. The van der Waals surface area contributed by atoms with Gasteiger partial charge in [0.25, 0.3) is 0 Å². The highest BCUT2D eigenvalue weighted by atomic mass is 16.3. The third-order valence-corrected chi connectivity index (χ3v) is 5.33. The highest BCUT2D eigenvalue weighted by Crippen LogP contribution is 2.61. The van der Waals surface area contributed by atoms with Crippen LogP contribution in [0.4, 0.5) is 0 Å². The van der Waals surface area contributed by atoms with Gasteiger partial charge in [-0.1, -0.05) is 0 Å². The Morgan fingerprint density at radius 1 is 1.18 bits per heavy atom. The molecule has 0 spiro atoms. The van der Waals surface area contributed by atoms with Gasteiger partial charge in [-0.05, 0) is 61.7 Å². The molecule has 94 valence electrons. The van der Waals surface area contributed by atoms with E-state index < -0.39 is 0 Å². The second-order valence-corrected chi connectivity index (χ2v) is 6.58. The van der Waals surface area contributed by atoms with Gasteiger partial charge in [-0.3, -0.25) is 0 Å². The van der Waals surface area contributed by atoms with E-state index in [1.807, 2.05) is 0 Å². The first-order valence-corrected chi connectivity index (χ1v) is 6.97. The molecule has 0 amide bonds. The van der Waals surface area contributed by atoms with E-state index in [1.165, 1.54) is 38.5 Å². The van der Waals surface area contributed by atoms with Crippen LogP contribution in [0.5, 0.6) is 0 Å². The Bertz CT molecular complexity index is 298. The molecule has 4 aliphatic rings. The first kappa shape index (κ1) is 11.5. The van der Waals surface area contributed by atoms with Crippen LogP contribution in [-0.2, 0) is 0 Å². The average molecular weight is 234 g/mol. The first-order valence-electron chi connectivity index (χ1n) is 6.97. The predicted molar refractivity (Wildman–Crippen MR) is 65.1 cm³/mol. The lowest BCUT2D eigenvalue weighted by Crippen LogP contribution is -2.54. The Balaban J connectivity index is 1.67. The highest BCUT2D eigenvalue weighted by Gasteiger charge is 2.53. The van der Waals surface area contributed by atoms with Gasteiger partial charge in [-0.25, -0.2) is 0 Å². The van der Waals surface area contributed by atoms with E-state index in [1.54, 1.807) is 0 Å². The number of nitrogens with one attached hydrogen (secondary N) is 1. The molecule has 0 aromatic carbocycles. The third-order valence-electron chi connectivity index (χ3n) is 5.33. The van der Waals surface area contributed by atoms with E-state index in [-0.39, 0.29) is 11.5 Å². The van der Waals surface area contributed by atoms with Crippen molar-refractivity contribution >= 4 is 0 Å². The van der Waals surface area contributed by atoms with Gasteiger partial charge in [0, 0.05) is 6.54 Å². The molecule has 0 aromatic rings. The number of nitriles is 1. The molecular formula is C14H22N2O. The summed E-state index contributed by atoms with van der Waals surface area (Å²) in [5.74, 6) is 2.64. The van der Waals surface area contributed by atoms with Crippen LogP contribution in [0.2, 0.25) is 0 Å². The second-order valence-electron chi connectivity index (χ2n) is 6.58. The quantitative estimate of drug-likeness (QED) is 0.575. The van der Waals surface area contributed by atoms with Gasteiger partial charge in [0.1, 0.15) is 0 Å². The van der Waals surface area contributed by atoms with Crippen molar-refractivity contribution in [2.45, 2.75) is 44.6 Å². The Hall–Kier alpha value is -0.590. The molecule has 0 heterocycles. The van der Waals surface area contributed by atoms with E-state index in [0.717, 1.165) is 17.8 Å². The summed E-state index contributed by atoms with van der Waals surface area (Å²) in [5.41, 5.74) is 0.192. The maximum Gasteiger partial charge on any atom is 0.0841 e. The lowest BCUT2D eigenvalue weighted by Gasteiger charge is -2.58. The molecule has 0 radical (unpaired) electrons. The lowest BCUT2D eigenvalue weighted by molar-refractivity contribution is -0.118. The molecule has 2 N–H and O–H groups in total. The van der Waals surface area contributed by atoms with Gasteiger partial charge < -0.3 is 10.4 Å². The van der Waals surface area contributed by atoms with Gasteiger partial charge in [-0.2, -0.15) is 5.26 Å². The first-order chi connectivity index (χ1) is 8.22. The second kappa shape index (κ2) is 4.26. The van der Waals surface area contributed by atoms with Crippen LogP contribution >= 0.6 is 0 Å². The molecule has 3 nitrogen and oxygen atoms in total. The molecule has 0 aromatic heterocycles. The molecule has 1 unspecified atom stereocenters. The number of hydrogen-bond donors (Lipinski definition) is 2. The highest BCUT2D eigenvalue weighted by molar-refractivity contribution is 5.04. The monoisotopic (exact) mass is 234 g/mol. The number of hydrogen-bond acceptors (Lipinski definition) is 3. The Morgan fingerprint density at radius 2 is 1.71 bits per heavy atom. The van der Waals surface area contributed by atoms with Crippen molar-refractivity contribution in [3.8, 4) is 6.07 Å². The maximum atomic E-state index is 10.5. The fourth-order valence-corrected chi connectivity index (χ4v) is 5.07. The van der Waals surface area contributed by atoms with Crippen LogP contribution in [0, 0.1) is 34.5 Å². The fourth-order valence-electron chi connectivity index (χ4n) is 5.07. The summed E-state index contributed by atoms with van der Waals surface area (Å²) >= 11 is 0. The van der Waals surface area contributed by atoms with Crippen LogP contribution in [0.3, 0.4) is 0 Å². The predicted octanol–water partition coefficient (Wildman–Crippen LogP) is 1.68. The Morgan fingerprint density at radius 3 is 2.18 bits per heavy atom. The van der Waals surface area contributed by atoms with Crippen molar-refractivity contribution in [3.63, 3.8) is 0 Å². The van der Waals surface area contributed by atoms with Gasteiger partial charge in [-0.15, -0.1) is 0 Å². The smallest absolute Gasteiger partial charge is 0.0841 e. The van der Waals surface area contributed by atoms with Crippen molar-refractivity contribution < 1.29 is 5.11 Å². The zero-order chi connectivity index (χ0) is 11.9. The summed E-state index contributed by atoms with van der Waals surface area (Å²) in [6.45, 7) is 0.948.